The molecule has 0 N–H and O–H groups in total. The molecular formula is C16H13F3N2OS. The van der Waals surface area contributed by atoms with Crippen molar-refractivity contribution in [2.45, 2.75) is 31.4 Å². The lowest BCUT2D eigenvalue weighted by molar-refractivity contribution is -0.156. The Kier molecular flexibility index (Phi) is 5.16. The molecule has 0 radical (unpaired) electrons. The number of aryl methyl sites for hydroxylation is 1. The maximum atomic E-state index is 13.3. The number of benzene rings is 1. The van der Waals surface area contributed by atoms with Gasteiger partial charge in [0.1, 0.15) is 5.01 Å². The fraction of sp³-hybridized carbons (Fsp3) is 0.312. The average molecular weight is 338 g/mol. The number of Topliss-reactive ketones (excluding diaryl/α,β-unsaturated/α-hetero) is 1. The summed E-state index contributed by atoms with van der Waals surface area (Å²) < 4.78 is 39.9. The second-order valence-electron chi connectivity index (χ2n) is 5.06. The molecule has 0 aliphatic carbocycles. The minimum absolute atomic E-state index is 0.0142. The minimum atomic E-state index is -4.56. The van der Waals surface area contributed by atoms with Crippen LogP contribution in [0, 0.1) is 18.3 Å². The predicted molar refractivity (Wildman–Crippen MR) is 80.1 cm³/mol. The number of nitriles is 1. The molecular weight excluding hydrogens is 325 g/mol. The highest BCUT2D eigenvalue weighted by molar-refractivity contribution is 7.09. The van der Waals surface area contributed by atoms with Crippen LogP contribution in [0.4, 0.5) is 13.2 Å². The molecule has 120 valence electrons. The standard InChI is InChI=1S/C16H13F3N2OS/c1-10-9-23-15(21-10)12(8-20)14(22)7-13(16(17,18)19)11-5-3-2-4-6-11/h2-6,9,12-13H,7H2,1H3/t12-,13-/m0/s1. The first-order chi connectivity index (χ1) is 10.8. The minimum Gasteiger partial charge on any atom is -0.298 e. The number of carbonyl (C=O) groups is 1. The van der Waals surface area contributed by atoms with Gasteiger partial charge in [0.2, 0.25) is 0 Å². The summed E-state index contributed by atoms with van der Waals surface area (Å²) >= 11 is 1.11. The second-order valence-corrected chi connectivity index (χ2v) is 5.95. The zero-order chi connectivity index (χ0) is 17.0. The van der Waals surface area contributed by atoms with Gasteiger partial charge < -0.3 is 0 Å². The van der Waals surface area contributed by atoms with Gasteiger partial charge in [-0.3, -0.25) is 4.79 Å². The van der Waals surface area contributed by atoms with Crippen molar-refractivity contribution in [1.82, 2.24) is 4.98 Å². The van der Waals surface area contributed by atoms with Gasteiger partial charge in [0, 0.05) is 17.5 Å². The van der Waals surface area contributed by atoms with Crippen molar-refractivity contribution < 1.29 is 18.0 Å². The maximum Gasteiger partial charge on any atom is 0.396 e. The molecule has 0 amide bonds. The molecule has 23 heavy (non-hydrogen) atoms. The quantitative estimate of drug-likeness (QED) is 0.814. The van der Waals surface area contributed by atoms with Crippen LogP contribution < -0.4 is 0 Å². The van der Waals surface area contributed by atoms with Crippen molar-refractivity contribution in [2.24, 2.45) is 0 Å². The normalized spacial score (nSPS) is 14.0. The number of aromatic nitrogens is 1. The molecule has 1 aromatic heterocycles. The van der Waals surface area contributed by atoms with E-state index in [1.807, 2.05) is 0 Å². The highest BCUT2D eigenvalue weighted by atomic mass is 32.1. The summed E-state index contributed by atoms with van der Waals surface area (Å²) in [5, 5.41) is 11.1. The van der Waals surface area contributed by atoms with E-state index in [0.29, 0.717) is 5.69 Å². The molecule has 1 aromatic carbocycles. The van der Waals surface area contributed by atoms with Crippen molar-refractivity contribution in [1.29, 1.82) is 5.26 Å². The van der Waals surface area contributed by atoms with E-state index in [1.165, 1.54) is 24.3 Å². The summed E-state index contributed by atoms with van der Waals surface area (Å²) in [5.41, 5.74) is 0.647. The molecule has 2 aromatic rings. The molecule has 3 nitrogen and oxygen atoms in total. The Morgan fingerprint density at radius 1 is 1.35 bits per heavy atom. The lowest BCUT2D eigenvalue weighted by atomic mass is 9.89. The Bertz CT molecular complexity index is 719. The Morgan fingerprint density at radius 2 is 2.00 bits per heavy atom. The van der Waals surface area contributed by atoms with Crippen molar-refractivity contribution in [3.63, 3.8) is 0 Å². The van der Waals surface area contributed by atoms with E-state index in [4.69, 9.17) is 5.26 Å². The Balaban J connectivity index is 2.26. The van der Waals surface area contributed by atoms with Crippen LogP contribution in [-0.2, 0) is 4.79 Å². The highest BCUT2D eigenvalue weighted by Gasteiger charge is 2.43. The Morgan fingerprint density at radius 3 is 2.48 bits per heavy atom. The van der Waals surface area contributed by atoms with Gasteiger partial charge in [0.05, 0.1) is 12.0 Å². The van der Waals surface area contributed by atoms with Crippen LogP contribution >= 0.6 is 11.3 Å². The zero-order valence-electron chi connectivity index (χ0n) is 12.2. The van der Waals surface area contributed by atoms with Gasteiger partial charge in [-0.25, -0.2) is 4.98 Å². The number of ketones is 1. The van der Waals surface area contributed by atoms with E-state index in [0.717, 1.165) is 11.3 Å². The third kappa shape index (κ3) is 4.17. The van der Waals surface area contributed by atoms with E-state index >= 15 is 0 Å². The molecule has 0 aliphatic rings. The smallest absolute Gasteiger partial charge is 0.298 e. The topological polar surface area (TPSA) is 53.8 Å². The molecule has 0 unspecified atom stereocenters. The molecule has 2 atom stereocenters. The number of nitrogens with zero attached hydrogens (tertiary/aromatic N) is 2. The van der Waals surface area contributed by atoms with Crippen LogP contribution in [0.5, 0.6) is 0 Å². The van der Waals surface area contributed by atoms with Gasteiger partial charge in [-0.1, -0.05) is 30.3 Å². The fourth-order valence-corrected chi connectivity index (χ4v) is 3.06. The summed E-state index contributed by atoms with van der Waals surface area (Å²) in [5.74, 6) is -3.96. The molecule has 1 heterocycles. The number of hydrogen-bond acceptors (Lipinski definition) is 4. The molecule has 0 fully saturated rings. The van der Waals surface area contributed by atoms with Gasteiger partial charge in [-0.05, 0) is 12.5 Å². The first-order valence-electron chi connectivity index (χ1n) is 6.79. The number of carbonyl (C=O) groups excluding carboxylic acids is 1. The summed E-state index contributed by atoms with van der Waals surface area (Å²) in [6, 6.07) is 9.03. The molecule has 0 saturated carbocycles. The number of thiazole rings is 1. The summed E-state index contributed by atoms with van der Waals surface area (Å²) in [6.45, 7) is 1.70. The predicted octanol–water partition coefficient (Wildman–Crippen LogP) is 4.36. The van der Waals surface area contributed by atoms with Crippen molar-refractivity contribution in [3.05, 3.63) is 52.0 Å². The summed E-state index contributed by atoms with van der Waals surface area (Å²) in [7, 11) is 0. The Labute approximate surface area is 135 Å². The highest BCUT2D eigenvalue weighted by Crippen LogP contribution is 2.39. The number of rotatable bonds is 5. The van der Waals surface area contributed by atoms with Crippen molar-refractivity contribution >= 4 is 17.1 Å². The number of hydrogen-bond donors (Lipinski definition) is 0. The number of halogens is 3. The van der Waals surface area contributed by atoms with E-state index in [9.17, 15) is 18.0 Å². The first kappa shape index (κ1) is 17.2. The third-order valence-electron chi connectivity index (χ3n) is 3.34. The van der Waals surface area contributed by atoms with E-state index in [-0.39, 0.29) is 10.6 Å². The molecule has 0 aliphatic heterocycles. The van der Waals surface area contributed by atoms with Crippen LogP contribution in [0.3, 0.4) is 0 Å². The summed E-state index contributed by atoms with van der Waals surface area (Å²) in [6.07, 6.45) is -5.33. The molecule has 0 bridgehead atoms. The SMILES string of the molecule is Cc1csc([C@@H](C#N)C(=O)C[C@@H](c2ccccc2)C(F)(F)F)n1. The molecule has 0 spiro atoms. The Hall–Kier alpha value is -2.20. The third-order valence-corrected chi connectivity index (χ3v) is 4.36. The monoisotopic (exact) mass is 338 g/mol. The van der Waals surface area contributed by atoms with Crippen LogP contribution in [0.15, 0.2) is 35.7 Å². The number of alkyl halides is 3. The van der Waals surface area contributed by atoms with Crippen LogP contribution in [0.2, 0.25) is 0 Å². The van der Waals surface area contributed by atoms with E-state index < -0.39 is 30.2 Å². The van der Waals surface area contributed by atoms with Crippen LogP contribution in [-0.4, -0.2) is 16.9 Å². The van der Waals surface area contributed by atoms with Gasteiger partial charge in [-0.2, -0.15) is 18.4 Å². The van der Waals surface area contributed by atoms with Crippen LogP contribution in [0.25, 0.3) is 0 Å². The van der Waals surface area contributed by atoms with Crippen molar-refractivity contribution in [2.75, 3.05) is 0 Å². The van der Waals surface area contributed by atoms with Gasteiger partial charge in [0.25, 0.3) is 0 Å². The second kappa shape index (κ2) is 6.92. The molecule has 0 saturated heterocycles. The van der Waals surface area contributed by atoms with Gasteiger partial charge >= 0.3 is 6.18 Å². The first-order valence-corrected chi connectivity index (χ1v) is 7.67. The average Bonchev–Trinajstić information content (AvgIpc) is 2.91. The summed E-state index contributed by atoms with van der Waals surface area (Å²) in [4.78, 5) is 16.3. The zero-order valence-corrected chi connectivity index (χ0v) is 13.0. The van der Waals surface area contributed by atoms with Crippen LogP contribution in [0.1, 0.15) is 34.5 Å². The maximum absolute atomic E-state index is 13.3. The lowest BCUT2D eigenvalue weighted by Crippen LogP contribution is -2.25. The van der Waals surface area contributed by atoms with E-state index in [2.05, 4.69) is 4.98 Å². The molecule has 2 rings (SSSR count). The van der Waals surface area contributed by atoms with E-state index in [1.54, 1.807) is 24.4 Å². The van der Waals surface area contributed by atoms with Gasteiger partial charge in [0.15, 0.2) is 11.7 Å². The largest absolute Gasteiger partial charge is 0.396 e. The lowest BCUT2D eigenvalue weighted by Gasteiger charge is -2.20. The molecule has 7 heteroatoms. The van der Waals surface area contributed by atoms with Crippen molar-refractivity contribution in [3.8, 4) is 6.07 Å². The van der Waals surface area contributed by atoms with Gasteiger partial charge in [-0.15, -0.1) is 11.3 Å². The fourth-order valence-electron chi connectivity index (χ4n) is 2.20.